The zero-order chi connectivity index (χ0) is 12.5. The number of alkyl halides is 1. The summed E-state index contributed by atoms with van der Waals surface area (Å²) >= 11 is 5.54. The second-order valence-corrected chi connectivity index (χ2v) is 4.14. The topological polar surface area (TPSA) is 56.6 Å². The van der Waals surface area contributed by atoms with E-state index in [1.807, 2.05) is 6.07 Å². The number of carbonyl (C=O) groups excluding carboxylic acids is 1. The lowest BCUT2D eigenvalue weighted by molar-refractivity contribution is -0.128. The molecular weight excluding hydrogens is 242 g/mol. The molecule has 0 aromatic rings. The molecule has 0 aliphatic carbocycles. The summed E-state index contributed by atoms with van der Waals surface area (Å²) in [6, 6.07) is 2.04. The fourth-order valence-corrected chi connectivity index (χ4v) is 1.89. The number of carbonyl (C=O) groups is 1. The SMILES string of the molecule is N#CCCN(CCN1CCOCC1)C(=O)CCl. The van der Waals surface area contributed by atoms with Gasteiger partial charge < -0.3 is 9.64 Å². The number of hydrogen-bond acceptors (Lipinski definition) is 4. The minimum atomic E-state index is -0.102. The monoisotopic (exact) mass is 259 g/mol. The van der Waals surface area contributed by atoms with E-state index >= 15 is 0 Å². The van der Waals surface area contributed by atoms with Crippen molar-refractivity contribution in [3.8, 4) is 6.07 Å². The molecule has 1 aliphatic rings. The first kappa shape index (κ1) is 14.2. The highest BCUT2D eigenvalue weighted by Crippen LogP contribution is 2.00. The van der Waals surface area contributed by atoms with E-state index in [2.05, 4.69) is 4.90 Å². The van der Waals surface area contributed by atoms with Crippen molar-refractivity contribution in [2.24, 2.45) is 0 Å². The van der Waals surface area contributed by atoms with E-state index in [1.165, 1.54) is 0 Å². The van der Waals surface area contributed by atoms with Crippen molar-refractivity contribution in [3.63, 3.8) is 0 Å². The van der Waals surface area contributed by atoms with Crippen LogP contribution in [0.3, 0.4) is 0 Å². The normalized spacial score (nSPS) is 16.5. The predicted molar refractivity (Wildman–Crippen MR) is 64.8 cm³/mol. The van der Waals surface area contributed by atoms with Crippen molar-refractivity contribution < 1.29 is 9.53 Å². The Balaban J connectivity index is 2.31. The van der Waals surface area contributed by atoms with Crippen LogP contribution in [0.1, 0.15) is 6.42 Å². The zero-order valence-corrected chi connectivity index (χ0v) is 10.7. The largest absolute Gasteiger partial charge is 0.379 e. The standard InChI is InChI=1S/C11H18ClN3O2/c12-10-11(16)15(3-1-2-13)5-4-14-6-8-17-9-7-14/h1,3-10H2. The minimum absolute atomic E-state index is 0.0193. The smallest absolute Gasteiger partial charge is 0.237 e. The van der Waals surface area contributed by atoms with Crippen LogP contribution in [0.25, 0.3) is 0 Å². The molecule has 0 spiro atoms. The lowest BCUT2D eigenvalue weighted by atomic mass is 10.3. The molecule has 1 heterocycles. The summed E-state index contributed by atoms with van der Waals surface area (Å²) in [6.07, 6.45) is 0.353. The van der Waals surface area contributed by atoms with Gasteiger partial charge in [-0.25, -0.2) is 0 Å². The molecule has 0 unspecified atom stereocenters. The van der Waals surface area contributed by atoms with Crippen molar-refractivity contribution in [2.45, 2.75) is 6.42 Å². The van der Waals surface area contributed by atoms with E-state index < -0.39 is 0 Å². The Morgan fingerprint density at radius 2 is 2.12 bits per heavy atom. The maximum Gasteiger partial charge on any atom is 0.237 e. The average Bonchev–Trinajstić information content (AvgIpc) is 2.39. The fourth-order valence-electron chi connectivity index (χ4n) is 1.72. The first-order valence-corrected chi connectivity index (χ1v) is 6.32. The lowest BCUT2D eigenvalue weighted by Gasteiger charge is -2.29. The van der Waals surface area contributed by atoms with Crippen LogP contribution in [0.15, 0.2) is 0 Å². The van der Waals surface area contributed by atoms with Gasteiger partial charge in [-0.1, -0.05) is 0 Å². The summed E-state index contributed by atoms with van der Waals surface area (Å²) < 4.78 is 5.25. The quantitative estimate of drug-likeness (QED) is 0.644. The summed E-state index contributed by atoms with van der Waals surface area (Å²) in [7, 11) is 0. The Kier molecular flexibility index (Phi) is 6.94. The highest BCUT2D eigenvalue weighted by Gasteiger charge is 2.15. The third-order valence-corrected chi connectivity index (χ3v) is 2.98. The van der Waals surface area contributed by atoms with Gasteiger partial charge in [0.15, 0.2) is 0 Å². The highest BCUT2D eigenvalue weighted by atomic mass is 35.5. The van der Waals surface area contributed by atoms with Crippen molar-refractivity contribution in [1.82, 2.24) is 9.80 Å². The Labute approximate surface area is 107 Å². The number of halogens is 1. The second kappa shape index (κ2) is 8.29. The molecule has 0 aromatic carbocycles. The van der Waals surface area contributed by atoms with Crippen LogP contribution in [0.4, 0.5) is 0 Å². The van der Waals surface area contributed by atoms with Crippen molar-refractivity contribution in [2.75, 3.05) is 51.8 Å². The zero-order valence-electron chi connectivity index (χ0n) is 9.90. The van der Waals surface area contributed by atoms with Gasteiger partial charge in [0.05, 0.1) is 25.7 Å². The first-order chi connectivity index (χ1) is 8.27. The summed E-state index contributed by atoms with van der Waals surface area (Å²) in [6.45, 7) is 5.22. The summed E-state index contributed by atoms with van der Waals surface area (Å²) in [5.41, 5.74) is 0. The molecule has 6 heteroatoms. The predicted octanol–water partition coefficient (Wildman–Crippen LogP) is 0.300. The first-order valence-electron chi connectivity index (χ1n) is 5.78. The van der Waals surface area contributed by atoms with Gasteiger partial charge in [-0.2, -0.15) is 5.26 Å². The number of nitrogens with zero attached hydrogens (tertiary/aromatic N) is 3. The van der Waals surface area contributed by atoms with Crippen LogP contribution < -0.4 is 0 Å². The molecule has 0 bridgehead atoms. The van der Waals surface area contributed by atoms with E-state index in [0.717, 1.165) is 32.8 Å². The average molecular weight is 260 g/mol. The molecule has 1 saturated heterocycles. The Morgan fingerprint density at radius 1 is 1.41 bits per heavy atom. The molecule has 17 heavy (non-hydrogen) atoms. The minimum Gasteiger partial charge on any atom is -0.379 e. The van der Waals surface area contributed by atoms with Gasteiger partial charge in [0.2, 0.25) is 5.91 Å². The Morgan fingerprint density at radius 3 is 2.71 bits per heavy atom. The molecule has 1 fully saturated rings. The number of rotatable bonds is 6. The highest BCUT2D eigenvalue weighted by molar-refractivity contribution is 6.27. The van der Waals surface area contributed by atoms with Gasteiger partial charge >= 0.3 is 0 Å². The second-order valence-electron chi connectivity index (χ2n) is 3.88. The van der Waals surface area contributed by atoms with E-state index in [4.69, 9.17) is 21.6 Å². The summed E-state index contributed by atoms with van der Waals surface area (Å²) in [5, 5.41) is 8.54. The number of morpholine rings is 1. The molecule has 0 atom stereocenters. The number of hydrogen-bond donors (Lipinski definition) is 0. The Bertz CT molecular complexity index is 274. The third kappa shape index (κ3) is 5.35. The lowest BCUT2D eigenvalue weighted by Crippen LogP contribution is -2.43. The summed E-state index contributed by atoms with van der Waals surface area (Å²) in [4.78, 5) is 15.4. The molecule has 0 saturated carbocycles. The molecule has 0 aromatic heterocycles. The third-order valence-electron chi connectivity index (χ3n) is 2.75. The van der Waals surface area contributed by atoms with E-state index in [0.29, 0.717) is 19.5 Å². The maximum atomic E-state index is 11.5. The van der Waals surface area contributed by atoms with Crippen molar-refractivity contribution >= 4 is 17.5 Å². The van der Waals surface area contributed by atoms with Crippen LogP contribution >= 0.6 is 11.6 Å². The van der Waals surface area contributed by atoms with Crippen LogP contribution in [-0.2, 0) is 9.53 Å². The van der Waals surface area contributed by atoms with Gasteiger partial charge in [-0.15, -0.1) is 11.6 Å². The van der Waals surface area contributed by atoms with Crippen LogP contribution in [0.2, 0.25) is 0 Å². The number of nitriles is 1. The number of amides is 1. The van der Waals surface area contributed by atoms with Crippen LogP contribution in [0.5, 0.6) is 0 Å². The van der Waals surface area contributed by atoms with Gasteiger partial charge in [0.1, 0.15) is 5.88 Å². The molecule has 96 valence electrons. The van der Waals surface area contributed by atoms with E-state index in [-0.39, 0.29) is 11.8 Å². The number of ether oxygens (including phenoxy) is 1. The molecule has 5 nitrogen and oxygen atoms in total. The molecule has 0 radical (unpaired) electrons. The molecule has 1 amide bonds. The summed E-state index contributed by atoms with van der Waals surface area (Å²) in [5.74, 6) is -0.121. The van der Waals surface area contributed by atoms with Gasteiger partial charge in [-0.3, -0.25) is 9.69 Å². The van der Waals surface area contributed by atoms with Gasteiger partial charge in [0.25, 0.3) is 0 Å². The molecular formula is C11H18ClN3O2. The molecule has 1 rings (SSSR count). The van der Waals surface area contributed by atoms with Gasteiger partial charge in [0, 0.05) is 32.7 Å². The molecule has 0 N–H and O–H groups in total. The van der Waals surface area contributed by atoms with Crippen LogP contribution in [-0.4, -0.2) is 67.5 Å². The van der Waals surface area contributed by atoms with Crippen molar-refractivity contribution in [1.29, 1.82) is 5.26 Å². The van der Waals surface area contributed by atoms with Gasteiger partial charge in [-0.05, 0) is 0 Å². The van der Waals surface area contributed by atoms with Crippen LogP contribution in [0, 0.1) is 11.3 Å². The Hall–Kier alpha value is -0.830. The van der Waals surface area contributed by atoms with Crippen molar-refractivity contribution in [3.05, 3.63) is 0 Å². The van der Waals surface area contributed by atoms with E-state index in [1.54, 1.807) is 4.90 Å². The van der Waals surface area contributed by atoms with E-state index in [9.17, 15) is 4.79 Å². The molecule has 1 aliphatic heterocycles. The maximum absolute atomic E-state index is 11.5. The fraction of sp³-hybridized carbons (Fsp3) is 0.818.